The van der Waals surface area contributed by atoms with Crippen molar-refractivity contribution >= 4 is 5.57 Å². The van der Waals surface area contributed by atoms with Crippen LogP contribution in [0.5, 0.6) is 0 Å². The van der Waals surface area contributed by atoms with Gasteiger partial charge in [0.1, 0.15) is 11.6 Å². The quantitative estimate of drug-likeness (QED) is 0.450. The molecule has 0 saturated carbocycles. The highest BCUT2D eigenvalue weighted by molar-refractivity contribution is 5.79. The molecule has 0 saturated heterocycles. The Labute approximate surface area is 181 Å². The predicted octanol–water partition coefficient (Wildman–Crippen LogP) is 7.28. The van der Waals surface area contributed by atoms with E-state index in [1.165, 1.54) is 19.1 Å². The number of halogens is 4. The summed E-state index contributed by atoms with van der Waals surface area (Å²) in [5, 5.41) is 0. The molecule has 0 bridgehead atoms. The lowest BCUT2D eigenvalue weighted by Crippen LogP contribution is -2.47. The topological polar surface area (TPSA) is 3.24 Å². The monoisotopic (exact) mass is 431 g/mol. The lowest BCUT2D eigenvalue weighted by atomic mass is 9.83. The Morgan fingerprint density at radius 1 is 1.10 bits per heavy atom. The molecule has 2 aliphatic rings. The van der Waals surface area contributed by atoms with E-state index in [1.54, 1.807) is 4.90 Å². The smallest absolute Gasteiger partial charge is 0.260 e. The van der Waals surface area contributed by atoms with Gasteiger partial charge in [0, 0.05) is 18.0 Å². The van der Waals surface area contributed by atoms with Gasteiger partial charge in [0.15, 0.2) is 0 Å². The van der Waals surface area contributed by atoms with E-state index in [0.29, 0.717) is 18.4 Å². The highest BCUT2D eigenvalue weighted by atomic mass is 19.3. The van der Waals surface area contributed by atoms with Gasteiger partial charge in [0.05, 0.1) is 12.6 Å². The van der Waals surface area contributed by atoms with Gasteiger partial charge in [-0.3, -0.25) is 4.90 Å². The van der Waals surface area contributed by atoms with E-state index in [0.717, 1.165) is 22.3 Å². The van der Waals surface area contributed by atoms with Crippen LogP contribution in [0.2, 0.25) is 0 Å². The molecule has 1 aliphatic heterocycles. The fourth-order valence-corrected chi connectivity index (χ4v) is 4.99. The van der Waals surface area contributed by atoms with Crippen LogP contribution in [-0.2, 0) is 6.42 Å². The van der Waals surface area contributed by atoms with Gasteiger partial charge in [-0.25, -0.2) is 17.6 Å². The van der Waals surface area contributed by atoms with Crippen molar-refractivity contribution in [3.05, 3.63) is 75.9 Å². The first kappa shape index (κ1) is 22.1. The minimum absolute atomic E-state index is 0.0330. The Morgan fingerprint density at radius 2 is 1.74 bits per heavy atom. The third kappa shape index (κ3) is 3.93. The molecule has 4 rings (SSSR count). The van der Waals surface area contributed by atoms with Crippen molar-refractivity contribution in [1.82, 2.24) is 4.90 Å². The van der Waals surface area contributed by atoms with Gasteiger partial charge >= 0.3 is 0 Å². The zero-order valence-electron chi connectivity index (χ0n) is 18.5. The second kappa shape index (κ2) is 8.09. The molecule has 5 heteroatoms. The maximum atomic E-state index is 15.4. The van der Waals surface area contributed by atoms with Crippen LogP contribution in [-0.4, -0.2) is 23.4 Å². The van der Waals surface area contributed by atoms with Crippen LogP contribution < -0.4 is 0 Å². The SMILES string of the molecule is CCC(F)(F)CN1[C@H](C)CC2=C(Cc3ccccc32)[C@H]1c1c(F)cc(C(C)C)cc1F. The van der Waals surface area contributed by atoms with E-state index in [2.05, 4.69) is 0 Å². The molecule has 31 heavy (non-hydrogen) atoms. The molecular weight excluding hydrogens is 402 g/mol. The fourth-order valence-electron chi connectivity index (χ4n) is 4.99. The summed E-state index contributed by atoms with van der Waals surface area (Å²) < 4.78 is 59.8. The second-order valence-corrected chi connectivity index (χ2v) is 9.23. The van der Waals surface area contributed by atoms with Crippen LogP contribution in [0.1, 0.15) is 74.8 Å². The van der Waals surface area contributed by atoms with Crippen LogP contribution in [0.25, 0.3) is 5.57 Å². The summed E-state index contributed by atoms with van der Waals surface area (Å²) in [5.41, 5.74) is 4.53. The van der Waals surface area contributed by atoms with E-state index in [9.17, 15) is 8.78 Å². The number of nitrogens with zero attached hydrogens (tertiary/aromatic N) is 1. The molecule has 0 fully saturated rings. The normalized spacial score (nSPS) is 21.6. The Morgan fingerprint density at radius 3 is 2.35 bits per heavy atom. The van der Waals surface area contributed by atoms with Crippen LogP contribution in [0, 0.1) is 11.6 Å². The molecule has 1 heterocycles. The highest BCUT2D eigenvalue weighted by Gasteiger charge is 2.44. The van der Waals surface area contributed by atoms with Crippen molar-refractivity contribution in [3.63, 3.8) is 0 Å². The summed E-state index contributed by atoms with van der Waals surface area (Å²) in [6.45, 7) is 6.55. The van der Waals surface area contributed by atoms with E-state index >= 15 is 8.78 Å². The third-order valence-electron chi connectivity index (χ3n) is 6.81. The summed E-state index contributed by atoms with van der Waals surface area (Å²) in [6.07, 6.45) is 0.810. The van der Waals surface area contributed by atoms with Gasteiger partial charge < -0.3 is 0 Å². The van der Waals surface area contributed by atoms with Crippen molar-refractivity contribution in [2.45, 2.75) is 70.9 Å². The van der Waals surface area contributed by atoms with Gasteiger partial charge in [-0.2, -0.15) is 0 Å². The minimum atomic E-state index is -2.93. The Kier molecular flexibility index (Phi) is 5.76. The number of alkyl halides is 2. The van der Waals surface area contributed by atoms with Gasteiger partial charge in [-0.05, 0) is 65.7 Å². The molecule has 1 aliphatic carbocycles. The Bertz CT molecular complexity index is 1000. The van der Waals surface area contributed by atoms with E-state index in [-0.39, 0.29) is 23.9 Å². The summed E-state index contributed by atoms with van der Waals surface area (Å²) in [7, 11) is 0. The van der Waals surface area contributed by atoms with Crippen LogP contribution in [0.3, 0.4) is 0 Å². The Balaban J connectivity index is 1.89. The summed E-state index contributed by atoms with van der Waals surface area (Å²) in [4.78, 5) is 1.62. The molecule has 0 N–H and O–H groups in total. The average Bonchev–Trinajstić information content (AvgIpc) is 3.07. The molecule has 0 unspecified atom stereocenters. The number of hydrogen-bond donors (Lipinski definition) is 0. The number of hydrogen-bond acceptors (Lipinski definition) is 1. The van der Waals surface area contributed by atoms with E-state index in [4.69, 9.17) is 0 Å². The van der Waals surface area contributed by atoms with Crippen LogP contribution in [0.15, 0.2) is 42.0 Å². The van der Waals surface area contributed by atoms with Crippen molar-refractivity contribution in [3.8, 4) is 0 Å². The maximum absolute atomic E-state index is 15.4. The summed E-state index contributed by atoms with van der Waals surface area (Å²) in [5.74, 6) is -4.28. The van der Waals surface area contributed by atoms with Crippen molar-refractivity contribution in [2.24, 2.45) is 0 Å². The van der Waals surface area contributed by atoms with Crippen LogP contribution in [0.4, 0.5) is 17.6 Å². The maximum Gasteiger partial charge on any atom is 0.260 e. The molecule has 0 amide bonds. The summed E-state index contributed by atoms with van der Waals surface area (Å²) >= 11 is 0. The number of benzene rings is 2. The summed E-state index contributed by atoms with van der Waals surface area (Å²) in [6, 6.07) is 9.53. The molecule has 0 radical (unpaired) electrons. The first-order valence-corrected chi connectivity index (χ1v) is 11.1. The van der Waals surface area contributed by atoms with E-state index < -0.39 is 30.1 Å². The predicted molar refractivity (Wildman–Crippen MR) is 116 cm³/mol. The highest BCUT2D eigenvalue weighted by Crippen LogP contribution is 2.50. The molecule has 2 aromatic rings. The average molecular weight is 432 g/mol. The largest absolute Gasteiger partial charge is 0.283 e. The van der Waals surface area contributed by atoms with Crippen LogP contribution >= 0.6 is 0 Å². The molecular formula is C26H29F4N. The van der Waals surface area contributed by atoms with Crippen molar-refractivity contribution in [1.29, 1.82) is 0 Å². The van der Waals surface area contributed by atoms with Crippen molar-refractivity contribution < 1.29 is 17.6 Å². The Hall–Kier alpha value is -2.14. The van der Waals surface area contributed by atoms with Gasteiger partial charge in [0.2, 0.25) is 0 Å². The zero-order chi connectivity index (χ0) is 22.5. The molecule has 2 atom stereocenters. The molecule has 0 aromatic heterocycles. The third-order valence-corrected chi connectivity index (χ3v) is 6.81. The minimum Gasteiger partial charge on any atom is -0.283 e. The lowest BCUT2D eigenvalue weighted by Gasteiger charge is -2.43. The molecule has 166 valence electrons. The molecule has 0 spiro atoms. The first-order valence-electron chi connectivity index (χ1n) is 11.1. The standard InChI is InChI=1S/C26H29F4N/c1-5-26(29,30)14-31-16(4)10-20-19-9-7-6-8-17(19)11-21(20)25(31)24-22(27)12-18(15(2)3)13-23(24)28/h6-9,12-13,15-16,25H,5,10-11,14H2,1-4H3/t16-,25+/m1/s1. The fraction of sp³-hybridized carbons (Fsp3) is 0.462. The van der Waals surface area contributed by atoms with Gasteiger partial charge in [0.25, 0.3) is 5.92 Å². The van der Waals surface area contributed by atoms with Gasteiger partial charge in [-0.1, -0.05) is 45.0 Å². The molecule has 1 nitrogen and oxygen atoms in total. The van der Waals surface area contributed by atoms with Crippen molar-refractivity contribution in [2.75, 3.05) is 6.54 Å². The zero-order valence-corrected chi connectivity index (χ0v) is 18.5. The number of fused-ring (bicyclic) bond motifs is 2. The second-order valence-electron chi connectivity index (χ2n) is 9.23. The molecule has 2 aromatic carbocycles. The van der Waals surface area contributed by atoms with E-state index in [1.807, 2.05) is 45.0 Å². The van der Waals surface area contributed by atoms with Gasteiger partial charge in [-0.15, -0.1) is 0 Å². The lowest BCUT2D eigenvalue weighted by molar-refractivity contribution is -0.0540. The number of rotatable bonds is 5. The first-order chi connectivity index (χ1) is 14.6.